The lowest BCUT2D eigenvalue weighted by molar-refractivity contribution is 1.17. The van der Waals surface area contributed by atoms with Crippen LogP contribution in [0, 0.1) is 11.3 Å². The van der Waals surface area contributed by atoms with E-state index in [4.69, 9.17) is 0 Å². The molecule has 2 aromatic heterocycles. The highest BCUT2D eigenvalue weighted by molar-refractivity contribution is 6.25. The smallest absolute Gasteiger partial charge is 0.0991 e. The van der Waals surface area contributed by atoms with Crippen molar-refractivity contribution in [3.05, 3.63) is 181 Å². The Kier molecular flexibility index (Phi) is 6.02. The van der Waals surface area contributed by atoms with Crippen LogP contribution in [0.1, 0.15) is 5.56 Å². The first-order chi connectivity index (χ1) is 25.7. The molecule has 9 aromatic carbocycles. The van der Waals surface area contributed by atoms with Gasteiger partial charge in [-0.15, -0.1) is 0 Å². The van der Waals surface area contributed by atoms with Crippen LogP contribution >= 0.6 is 0 Å². The van der Waals surface area contributed by atoms with Crippen LogP contribution in [0.4, 0.5) is 0 Å². The summed E-state index contributed by atoms with van der Waals surface area (Å²) in [5.74, 6) is 0. The van der Waals surface area contributed by atoms with Crippen LogP contribution < -0.4 is 0 Å². The van der Waals surface area contributed by atoms with Gasteiger partial charge in [0.05, 0.1) is 33.7 Å². The summed E-state index contributed by atoms with van der Waals surface area (Å²) in [4.78, 5) is 0. The fourth-order valence-corrected chi connectivity index (χ4v) is 8.61. The average Bonchev–Trinajstić information content (AvgIpc) is 3.73. The standard InChI is InChI=1S/C49H29N3/c50-30-31-20-24-48-44(26-31)45-29-35(52-46-18-7-5-16-41(46)42-17-6-8-19-47(42)52)22-25-49(45)51(48)34-11-9-10-32(27-34)33-21-23-40-38-14-2-1-12-36(38)37-13-3-4-15-39(37)43(40)28-33/h1-29H. The van der Waals surface area contributed by atoms with Crippen molar-refractivity contribution in [2.24, 2.45) is 0 Å². The number of nitrogens with zero attached hydrogens (tertiary/aromatic N) is 3. The van der Waals surface area contributed by atoms with Gasteiger partial charge in [-0.1, -0.05) is 109 Å². The Morgan fingerprint density at radius 3 is 1.42 bits per heavy atom. The molecule has 0 spiro atoms. The molecule has 52 heavy (non-hydrogen) atoms. The average molecular weight is 660 g/mol. The molecule has 0 unspecified atom stereocenters. The molecule has 11 aromatic rings. The number of benzene rings is 9. The largest absolute Gasteiger partial charge is 0.309 e. The first-order valence-electron chi connectivity index (χ1n) is 17.7. The zero-order chi connectivity index (χ0) is 34.3. The van der Waals surface area contributed by atoms with Crippen molar-refractivity contribution >= 4 is 75.9 Å². The molecule has 0 fully saturated rings. The Labute approximate surface area is 299 Å². The van der Waals surface area contributed by atoms with E-state index in [2.05, 4.69) is 179 Å². The Hall–Kier alpha value is -7.15. The van der Waals surface area contributed by atoms with Gasteiger partial charge in [-0.2, -0.15) is 5.26 Å². The van der Waals surface area contributed by atoms with E-state index in [-0.39, 0.29) is 0 Å². The molecular formula is C49H29N3. The van der Waals surface area contributed by atoms with Crippen molar-refractivity contribution in [1.29, 1.82) is 5.26 Å². The third-order valence-electron chi connectivity index (χ3n) is 10.9. The van der Waals surface area contributed by atoms with E-state index in [9.17, 15) is 5.26 Å². The molecule has 0 bridgehead atoms. The van der Waals surface area contributed by atoms with Gasteiger partial charge in [-0.25, -0.2) is 0 Å². The maximum Gasteiger partial charge on any atom is 0.0991 e. The Morgan fingerprint density at radius 2 is 0.788 bits per heavy atom. The van der Waals surface area contributed by atoms with Crippen LogP contribution in [-0.4, -0.2) is 9.13 Å². The summed E-state index contributed by atoms with van der Waals surface area (Å²) >= 11 is 0. The van der Waals surface area contributed by atoms with Crippen LogP contribution in [0.5, 0.6) is 0 Å². The van der Waals surface area contributed by atoms with Gasteiger partial charge in [0.25, 0.3) is 0 Å². The lowest BCUT2D eigenvalue weighted by Crippen LogP contribution is -1.96. The van der Waals surface area contributed by atoms with Crippen molar-refractivity contribution < 1.29 is 0 Å². The molecule has 0 amide bonds. The number of hydrogen-bond donors (Lipinski definition) is 0. The van der Waals surface area contributed by atoms with Crippen molar-refractivity contribution in [2.45, 2.75) is 0 Å². The van der Waals surface area contributed by atoms with Gasteiger partial charge in [0.15, 0.2) is 0 Å². The molecule has 2 heterocycles. The van der Waals surface area contributed by atoms with Gasteiger partial charge in [-0.05, 0) is 110 Å². The molecule has 0 N–H and O–H groups in total. The Morgan fingerprint density at radius 1 is 0.308 bits per heavy atom. The quantitative estimate of drug-likeness (QED) is 0.174. The van der Waals surface area contributed by atoms with E-state index in [0.717, 1.165) is 38.7 Å². The summed E-state index contributed by atoms with van der Waals surface area (Å²) in [6, 6.07) is 65.6. The van der Waals surface area contributed by atoms with Crippen molar-refractivity contribution in [2.75, 3.05) is 0 Å². The first kappa shape index (κ1) is 28.7. The molecule has 3 heteroatoms. The van der Waals surface area contributed by atoms with Crippen molar-refractivity contribution in [3.63, 3.8) is 0 Å². The van der Waals surface area contributed by atoms with E-state index in [1.807, 2.05) is 12.1 Å². The molecule has 0 atom stereocenters. The van der Waals surface area contributed by atoms with Crippen LogP contribution in [0.3, 0.4) is 0 Å². The second kappa shape index (κ2) is 10.9. The highest BCUT2D eigenvalue weighted by Crippen LogP contribution is 2.40. The number of para-hydroxylation sites is 2. The fraction of sp³-hybridized carbons (Fsp3) is 0. The summed E-state index contributed by atoms with van der Waals surface area (Å²) in [5.41, 5.74) is 9.67. The lowest BCUT2D eigenvalue weighted by Gasteiger charge is -2.13. The molecule has 11 rings (SSSR count). The second-order valence-corrected chi connectivity index (χ2v) is 13.7. The normalized spacial score (nSPS) is 11.8. The maximum atomic E-state index is 9.94. The molecule has 0 saturated carbocycles. The fourth-order valence-electron chi connectivity index (χ4n) is 8.61. The molecule has 0 aliphatic rings. The van der Waals surface area contributed by atoms with Gasteiger partial charge < -0.3 is 9.13 Å². The Balaban J connectivity index is 1.12. The number of nitriles is 1. The third kappa shape index (κ3) is 4.07. The highest BCUT2D eigenvalue weighted by atomic mass is 15.0. The summed E-state index contributed by atoms with van der Waals surface area (Å²) in [6.45, 7) is 0. The van der Waals surface area contributed by atoms with Gasteiger partial charge in [0, 0.05) is 32.9 Å². The summed E-state index contributed by atoms with van der Waals surface area (Å²) < 4.78 is 4.70. The zero-order valence-corrected chi connectivity index (χ0v) is 28.1. The van der Waals surface area contributed by atoms with E-state index >= 15 is 0 Å². The third-order valence-corrected chi connectivity index (χ3v) is 10.9. The van der Waals surface area contributed by atoms with Crippen LogP contribution in [0.15, 0.2) is 176 Å². The van der Waals surface area contributed by atoms with E-state index in [1.165, 1.54) is 59.7 Å². The number of fused-ring (bicyclic) bond motifs is 12. The van der Waals surface area contributed by atoms with E-state index < -0.39 is 0 Å². The van der Waals surface area contributed by atoms with Crippen molar-refractivity contribution in [1.82, 2.24) is 9.13 Å². The SMILES string of the molecule is N#Cc1ccc2c(c1)c1cc(-n3c4ccccc4c4ccccc43)ccc1n2-c1cccc(-c2ccc3c4ccccc4c4ccccc4c3c2)c1. The van der Waals surface area contributed by atoms with Crippen LogP contribution in [0.25, 0.3) is 98.4 Å². The first-order valence-corrected chi connectivity index (χ1v) is 17.7. The highest BCUT2D eigenvalue weighted by Gasteiger charge is 2.18. The molecule has 0 saturated heterocycles. The minimum atomic E-state index is 0.651. The lowest BCUT2D eigenvalue weighted by atomic mass is 9.92. The monoisotopic (exact) mass is 659 g/mol. The molecule has 240 valence electrons. The minimum Gasteiger partial charge on any atom is -0.309 e. The minimum absolute atomic E-state index is 0.651. The topological polar surface area (TPSA) is 33.6 Å². The molecule has 0 aliphatic heterocycles. The zero-order valence-electron chi connectivity index (χ0n) is 28.1. The van der Waals surface area contributed by atoms with Crippen LogP contribution in [-0.2, 0) is 0 Å². The summed E-state index contributed by atoms with van der Waals surface area (Å²) in [6.07, 6.45) is 0. The van der Waals surface area contributed by atoms with Crippen molar-refractivity contribution in [3.8, 4) is 28.6 Å². The van der Waals surface area contributed by atoms with Gasteiger partial charge in [0.1, 0.15) is 0 Å². The van der Waals surface area contributed by atoms with Gasteiger partial charge >= 0.3 is 0 Å². The van der Waals surface area contributed by atoms with Gasteiger partial charge in [0.2, 0.25) is 0 Å². The molecule has 0 aliphatic carbocycles. The molecule has 0 radical (unpaired) electrons. The Bertz CT molecular complexity index is 3230. The van der Waals surface area contributed by atoms with E-state index in [1.54, 1.807) is 0 Å². The predicted octanol–water partition coefficient (Wildman–Crippen LogP) is 12.9. The number of rotatable bonds is 3. The molecular weight excluding hydrogens is 631 g/mol. The van der Waals surface area contributed by atoms with Crippen LogP contribution in [0.2, 0.25) is 0 Å². The summed E-state index contributed by atoms with van der Waals surface area (Å²) in [7, 11) is 0. The predicted molar refractivity (Wildman–Crippen MR) is 218 cm³/mol. The number of hydrogen-bond acceptors (Lipinski definition) is 1. The van der Waals surface area contributed by atoms with E-state index in [0.29, 0.717) is 5.56 Å². The van der Waals surface area contributed by atoms with Gasteiger partial charge in [-0.3, -0.25) is 0 Å². The maximum absolute atomic E-state index is 9.94. The molecule has 3 nitrogen and oxygen atoms in total. The summed E-state index contributed by atoms with van der Waals surface area (Å²) in [5, 5.41) is 22.2. The second-order valence-electron chi connectivity index (χ2n) is 13.7. The number of aromatic nitrogens is 2.